The maximum Gasteiger partial charge on any atom is 0.164 e. The molecule has 1 aromatic carbocycles. The molecule has 2 aromatic rings. The summed E-state index contributed by atoms with van der Waals surface area (Å²) in [5.41, 5.74) is 5.80. The van der Waals surface area contributed by atoms with Gasteiger partial charge in [-0.05, 0) is 49.2 Å². The molecule has 1 aromatic heterocycles. The lowest BCUT2D eigenvalue weighted by Gasteiger charge is -2.09. The second-order valence-electron chi connectivity index (χ2n) is 5.83. The van der Waals surface area contributed by atoms with E-state index in [-0.39, 0.29) is 0 Å². The smallest absolute Gasteiger partial charge is 0.164 e. The van der Waals surface area contributed by atoms with Gasteiger partial charge in [0, 0.05) is 18.4 Å². The van der Waals surface area contributed by atoms with Crippen LogP contribution in [0.1, 0.15) is 42.1 Å². The summed E-state index contributed by atoms with van der Waals surface area (Å²) in [6, 6.07) is 11.7. The second kappa shape index (κ2) is 10.2. The van der Waals surface area contributed by atoms with Crippen molar-refractivity contribution in [3.8, 4) is 11.8 Å². The monoisotopic (exact) mass is 352 g/mol. The molecular weight excluding hydrogens is 328 g/mol. The van der Waals surface area contributed by atoms with Crippen LogP contribution < -0.4 is 10.2 Å². The number of ether oxygens (including phenoxy) is 2. The first-order valence-corrected chi connectivity index (χ1v) is 8.59. The maximum absolute atomic E-state index is 9.40. The summed E-state index contributed by atoms with van der Waals surface area (Å²) in [4.78, 5) is 4.35. The highest BCUT2D eigenvalue weighted by atomic mass is 16.5. The summed E-state index contributed by atoms with van der Waals surface area (Å²) >= 11 is 0. The summed E-state index contributed by atoms with van der Waals surface area (Å²) in [7, 11) is 1.60. The minimum absolute atomic E-state index is 0.351. The van der Waals surface area contributed by atoms with Gasteiger partial charge in [0.2, 0.25) is 0 Å². The van der Waals surface area contributed by atoms with E-state index in [0.717, 1.165) is 42.0 Å². The van der Waals surface area contributed by atoms with Crippen LogP contribution in [-0.4, -0.2) is 24.9 Å². The molecule has 0 aliphatic heterocycles. The Bertz CT molecular complexity index is 780. The standard InChI is InChI=1S/C20H24N4O2/c1-4-5-10-26-18-8-6-16(7-9-18)13-22-24-20-19(12-21)17(14-25-3)11-15(2)23-20/h6-9,11,13H,4-5,10,14H2,1-3H3,(H,23,24)/b22-13+. The van der Waals surface area contributed by atoms with Gasteiger partial charge in [0.1, 0.15) is 17.4 Å². The van der Waals surface area contributed by atoms with Crippen LogP contribution in [-0.2, 0) is 11.3 Å². The first-order valence-electron chi connectivity index (χ1n) is 8.59. The Hall–Kier alpha value is -2.91. The number of hydrazone groups is 1. The third-order valence-corrected chi connectivity index (χ3v) is 3.67. The fraction of sp³-hybridized carbons (Fsp3) is 0.350. The van der Waals surface area contributed by atoms with Crippen molar-refractivity contribution in [2.45, 2.75) is 33.3 Å². The van der Waals surface area contributed by atoms with Crippen molar-refractivity contribution < 1.29 is 9.47 Å². The fourth-order valence-electron chi connectivity index (χ4n) is 2.37. The first kappa shape index (κ1) is 19.4. The molecule has 0 saturated heterocycles. The number of methoxy groups -OCH3 is 1. The van der Waals surface area contributed by atoms with Crippen molar-refractivity contribution in [1.82, 2.24) is 4.98 Å². The van der Waals surface area contributed by atoms with Crippen LogP contribution in [0, 0.1) is 18.3 Å². The number of rotatable bonds is 9. The molecule has 0 aliphatic rings. The van der Waals surface area contributed by atoms with Crippen molar-refractivity contribution >= 4 is 12.0 Å². The van der Waals surface area contributed by atoms with E-state index in [1.54, 1.807) is 13.3 Å². The second-order valence-corrected chi connectivity index (χ2v) is 5.83. The van der Waals surface area contributed by atoms with E-state index in [0.29, 0.717) is 18.0 Å². The lowest BCUT2D eigenvalue weighted by Crippen LogP contribution is -2.03. The van der Waals surface area contributed by atoms with Gasteiger partial charge in [-0.25, -0.2) is 4.98 Å². The molecule has 0 unspecified atom stereocenters. The quantitative estimate of drug-likeness (QED) is 0.419. The number of unbranched alkanes of at least 4 members (excludes halogenated alkanes) is 1. The maximum atomic E-state index is 9.40. The lowest BCUT2D eigenvalue weighted by atomic mass is 10.1. The molecule has 0 bridgehead atoms. The van der Waals surface area contributed by atoms with Gasteiger partial charge in [-0.2, -0.15) is 10.4 Å². The topological polar surface area (TPSA) is 79.5 Å². The SMILES string of the molecule is CCCCOc1ccc(/C=N/Nc2nc(C)cc(COC)c2C#N)cc1. The van der Waals surface area contributed by atoms with E-state index in [1.807, 2.05) is 37.3 Å². The number of benzene rings is 1. The first-order chi connectivity index (χ1) is 12.7. The Labute approximate surface area is 154 Å². The minimum atomic E-state index is 0.351. The van der Waals surface area contributed by atoms with Crippen molar-refractivity contribution in [2.24, 2.45) is 5.10 Å². The van der Waals surface area contributed by atoms with Crippen LogP contribution >= 0.6 is 0 Å². The molecule has 136 valence electrons. The van der Waals surface area contributed by atoms with Gasteiger partial charge in [-0.15, -0.1) is 0 Å². The summed E-state index contributed by atoms with van der Waals surface area (Å²) in [6.07, 6.45) is 3.83. The van der Waals surface area contributed by atoms with E-state index in [9.17, 15) is 5.26 Å². The highest BCUT2D eigenvalue weighted by molar-refractivity contribution is 5.80. The Kier molecular flexibility index (Phi) is 7.59. The van der Waals surface area contributed by atoms with E-state index >= 15 is 0 Å². The molecule has 0 amide bonds. The highest BCUT2D eigenvalue weighted by Crippen LogP contribution is 2.19. The van der Waals surface area contributed by atoms with Crippen LogP contribution in [0.2, 0.25) is 0 Å². The molecule has 2 rings (SSSR count). The minimum Gasteiger partial charge on any atom is -0.494 e. The van der Waals surface area contributed by atoms with Gasteiger partial charge in [0.05, 0.1) is 19.4 Å². The van der Waals surface area contributed by atoms with Gasteiger partial charge in [-0.1, -0.05) is 13.3 Å². The molecule has 0 saturated carbocycles. The Balaban J connectivity index is 2.05. The molecule has 6 heteroatoms. The summed E-state index contributed by atoms with van der Waals surface area (Å²) in [5.74, 6) is 1.27. The zero-order valence-corrected chi connectivity index (χ0v) is 15.5. The Morgan fingerprint density at radius 3 is 2.73 bits per heavy atom. The van der Waals surface area contributed by atoms with Crippen molar-refractivity contribution in [3.63, 3.8) is 0 Å². The van der Waals surface area contributed by atoms with E-state index in [4.69, 9.17) is 9.47 Å². The van der Waals surface area contributed by atoms with Crippen molar-refractivity contribution in [2.75, 3.05) is 19.1 Å². The average Bonchev–Trinajstić information content (AvgIpc) is 2.63. The number of aryl methyl sites for hydroxylation is 1. The summed E-state index contributed by atoms with van der Waals surface area (Å²) in [6.45, 7) is 5.08. The molecule has 0 atom stereocenters. The molecule has 1 heterocycles. The number of nitriles is 1. The number of hydrogen-bond donors (Lipinski definition) is 1. The number of hydrogen-bond acceptors (Lipinski definition) is 6. The fourth-order valence-corrected chi connectivity index (χ4v) is 2.37. The normalized spacial score (nSPS) is 10.7. The number of pyridine rings is 1. The zero-order chi connectivity index (χ0) is 18.8. The van der Waals surface area contributed by atoms with Crippen LogP contribution in [0.25, 0.3) is 0 Å². The van der Waals surface area contributed by atoms with E-state index in [2.05, 4.69) is 28.5 Å². The molecule has 0 fully saturated rings. The van der Waals surface area contributed by atoms with Crippen LogP contribution in [0.15, 0.2) is 35.4 Å². The van der Waals surface area contributed by atoms with E-state index in [1.165, 1.54) is 0 Å². The largest absolute Gasteiger partial charge is 0.494 e. The summed E-state index contributed by atoms with van der Waals surface area (Å²) in [5, 5.41) is 13.6. The highest BCUT2D eigenvalue weighted by Gasteiger charge is 2.10. The molecule has 0 radical (unpaired) electrons. The van der Waals surface area contributed by atoms with Gasteiger partial charge < -0.3 is 9.47 Å². The van der Waals surface area contributed by atoms with Crippen LogP contribution in [0.5, 0.6) is 5.75 Å². The Morgan fingerprint density at radius 2 is 2.08 bits per heavy atom. The van der Waals surface area contributed by atoms with Gasteiger partial charge >= 0.3 is 0 Å². The Morgan fingerprint density at radius 1 is 1.31 bits per heavy atom. The van der Waals surface area contributed by atoms with Crippen molar-refractivity contribution in [3.05, 3.63) is 52.7 Å². The third-order valence-electron chi connectivity index (χ3n) is 3.67. The van der Waals surface area contributed by atoms with Gasteiger partial charge in [0.15, 0.2) is 5.82 Å². The van der Waals surface area contributed by atoms with Crippen LogP contribution in [0.3, 0.4) is 0 Å². The summed E-state index contributed by atoms with van der Waals surface area (Å²) < 4.78 is 10.8. The molecule has 1 N–H and O–H groups in total. The molecule has 0 aliphatic carbocycles. The van der Waals surface area contributed by atoms with Gasteiger partial charge in [0.25, 0.3) is 0 Å². The number of nitrogens with zero attached hydrogens (tertiary/aromatic N) is 3. The predicted molar refractivity (Wildman–Crippen MR) is 102 cm³/mol. The van der Waals surface area contributed by atoms with Crippen LogP contribution in [0.4, 0.5) is 5.82 Å². The molecular formula is C20H24N4O2. The molecule has 26 heavy (non-hydrogen) atoms. The number of nitrogens with one attached hydrogen (secondary N) is 1. The lowest BCUT2D eigenvalue weighted by molar-refractivity contribution is 0.184. The molecule has 6 nitrogen and oxygen atoms in total. The third kappa shape index (κ3) is 5.57. The average molecular weight is 352 g/mol. The zero-order valence-electron chi connectivity index (χ0n) is 15.5. The number of anilines is 1. The number of aromatic nitrogens is 1. The van der Waals surface area contributed by atoms with E-state index < -0.39 is 0 Å². The predicted octanol–water partition coefficient (Wildman–Crippen LogP) is 4.03. The van der Waals surface area contributed by atoms with Gasteiger partial charge in [-0.3, -0.25) is 5.43 Å². The van der Waals surface area contributed by atoms with Crippen molar-refractivity contribution in [1.29, 1.82) is 5.26 Å². The molecule has 0 spiro atoms.